The molecule has 2 fully saturated rings. The lowest BCUT2D eigenvalue weighted by Crippen LogP contribution is -2.34. The molecule has 1 aromatic carbocycles. The average Bonchev–Trinajstić information content (AvgIpc) is 3.34. The molecule has 5 heteroatoms. The van der Waals surface area contributed by atoms with Crippen LogP contribution in [0.4, 0.5) is 10.2 Å². The van der Waals surface area contributed by atoms with Crippen molar-refractivity contribution in [2.24, 2.45) is 5.41 Å². The van der Waals surface area contributed by atoms with Gasteiger partial charge in [0.05, 0.1) is 0 Å². The first-order chi connectivity index (χ1) is 11.6. The van der Waals surface area contributed by atoms with Gasteiger partial charge in [-0.1, -0.05) is 23.7 Å². The van der Waals surface area contributed by atoms with Gasteiger partial charge in [-0.15, -0.1) is 0 Å². The number of aromatic nitrogens is 1. The maximum atomic E-state index is 13.8. The maximum Gasteiger partial charge on any atom is 0.215 e. The smallest absolute Gasteiger partial charge is 0.215 e. The third kappa shape index (κ3) is 3.34. The fourth-order valence-electron chi connectivity index (χ4n) is 3.34. The molecule has 2 aliphatic rings. The van der Waals surface area contributed by atoms with Gasteiger partial charge in [0.15, 0.2) is 0 Å². The Kier molecular flexibility index (Phi) is 4.09. The van der Waals surface area contributed by atoms with E-state index in [4.69, 9.17) is 16.3 Å². The Hall–Kier alpha value is -1.81. The SMILES string of the molecule is Fc1cc(Cl)ccc1COc1cccc(N2CCC3(CC2)CC3)n1. The third-order valence-corrected chi connectivity index (χ3v) is 5.44. The predicted molar refractivity (Wildman–Crippen MR) is 93.1 cm³/mol. The molecule has 0 N–H and O–H groups in total. The normalized spacial score (nSPS) is 18.7. The van der Waals surface area contributed by atoms with Crippen molar-refractivity contribution in [2.75, 3.05) is 18.0 Å². The number of rotatable bonds is 4. The molecule has 126 valence electrons. The highest BCUT2D eigenvalue weighted by molar-refractivity contribution is 6.30. The van der Waals surface area contributed by atoms with E-state index in [1.165, 1.54) is 31.7 Å². The Morgan fingerprint density at radius 1 is 1.12 bits per heavy atom. The largest absolute Gasteiger partial charge is 0.473 e. The number of pyridine rings is 1. The molecule has 1 aliphatic heterocycles. The number of halogens is 2. The third-order valence-electron chi connectivity index (χ3n) is 5.20. The van der Waals surface area contributed by atoms with Crippen molar-refractivity contribution in [1.29, 1.82) is 0 Å². The van der Waals surface area contributed by atoms with E-state index >= 15 is 0 Å². The Balaban J connectivity index is 1.41. The molecule has 0 amide bonds. The van der Waals surface area contributed by atoms with Crippen molar-refractivity contribution in [3.63, 3.8) is 0 Å². The van der Waals surface area contributed by atoms with Gasteiger partial charge in [0, 0.05) is 29.7 Å². The van der Waals surface area contributed by atoms with Crippen molar-refractivity contribution in [2.45, 2.75) is 32.3 Å². The number of anilines is 1. The van der Waals surface area contributed by atoms with Crippen molar-refractivity contribution in [3.8, 4) is 5.88 Å². The Bertz CT molecular complexity index is 738. The Morgan fingerprint density at radius 3 is 2.62 bits per heavy atom. The molecule has 24 heavy (non-hydrogen) atoms. The van der Waals surface area contributed by atoms with Crippen LogP contribution in [0.3, 0.4) is 0 Å². The molecule has 1 saturated carbocycles. The van der Waals surface area contributed by atoms with Crippen LogP contribution in [0.1, 0.15) is 31.2 Å². The summed E-state index contributed by atoms with van der Waals surface area (Å²) < 4.78 is 19.5. The molecule has 3 nitrogen and oxygen atoms in total. The molecule has 1 saturated heterocycles. The van der Waals surface area contributed by atoms with Crippen LogP contribution in [0.15, 0.2) is 36.4 Å². The number of nitrogens with zero attached hydrogens (tertiary/aromatic N) is 2. The summed E-state index contributed by atoms with van der Waals surface area (Å²) in [5.74, 6) is 1.11. The van der Waals surface area contributed by atoms with Crippen LogP contribution in [0, 0.1) is 11.2 Å². The summed E-state index contributed by atoms with van der Waals surface area (Å²) in [5.41, 5.74) is 1.12. The van der Waals surface area contributed by atoms with E-state index < -0.39 is 0 Å². The number of hydrogen-bond donors (Lipinski definition) is 0. The minimum atomic E-state index is -0.357. The van der Waals surface area contributed by atoms with Gasteiger partial charge in [-0.3, -0.25) is 0 Å². The summed E-state index contributed by atoms with van der Waals surface area (Å²) in [4.78, 5) is 6.90. The number of hydrogen-bond acceptors (Lipinski definition) is 3. The highest BCUT2D eigenvalue weighted by Crippen LogP contribution is 2.53. The molecule has 1 aliphatic carbocycles. The summed E-state index contributed by atoms with van der Waals surface area (Å²) in [6, 6.07) is 10.4. The molecular formula is C19H20ClFN2O. The fraction of sp³-hybridized carbons (Fsp3) is 0.421. The minimum Gasteiger partial charge on any atom is -0.473 e. The molecule has 1 aromatic heterocycles. The molecule has 0 radical (unpaired) electrons. The second-order valence-corrected chi connectivity index (χ2v) is 7.28. The predicted octanol–water partition coefficient (Wildman–Crippen LogP) is 4.83. The van der Waals surface area contributed by atoms with E-state index in [1.807, 2.05) is 18.2 Å². The van der Waals surface area contributed by atoms with E-state index in [9.17, 15) is 4.39 Å². The molecule has 1 spiro atoms. The van der Waals surface area contributed by atoms with Gasteiger partial charge in [0.1, 0.15) is 18.2 Å². The van der Waals surface area contributed by atoms with Crippen LogP contribution >= 0.6 is 11.6 Å². The zero-order chi connectivity index (χ0) is 16.6. The van der Waals surface area contributed by atoms with E-state index in [0.717, 1.165) is 18.9 Å². The van der Waals surface area contributed by atoms with E-state index in [1.54, 1.807) is 12.1 Å². The molecular weight excluding hydrogens is 327 g/mol. The summed E-state index contributed by atoms with van der Waals surface area (Å²) in [5, 5.41) is 0.384. The molecule has 2 heterocycles. The van der Waals surface area contributed by atoms with E-state index in [0.29, 0.717) is 21.9 Å². The second-order valence-electron chi connectivity index (χ2n) is 6.85. The summed E-state index contributed by atoms with van der Waals surface area (Å²) in [7, 11) is 0. The summed E-state index contributed by atoms with van der Waals surface area (Å²) in [6.45, 7) is 2.26. The van der Waals surface area contributed by atoms with Crippen LogP contribution in [0.2, 0.25) is 5.02 Å². The van der Waals surface area contributed by atoms with E-state index in [-0.39, 0.29) is 12.4 Å². The van der Waals surface area contributed by atoms with Crippen LogP contribution in [0.5, 0.6) is 5.88 Å². The van der Waals surface area contributed by atoms with Gasteiger partial charge in [0.25, 0.3) is 0 Å². The van der Waals surface area contributed by atoms with Gasteiger partial charge >= 0.3 is 0 Å². The highest BCUT2D eigenvalue weighted by atomic mass is 35.5. The number of benzene rings is 1. The average molecular weight is 347 g/mol. The zero-order valence-corrected chi connectivity index (χ0v) is 14.2. The number of piperidine rings is 1. The van der Waals surface area contributed by atoms with Crippen molar-refractivity contribution in [1.82, 2.24) is 4.98 Å². The second kappa shape index (κ2) is 6.25. The highest BCUT2D eigenvalue weighted by Gasteiger charge is 2.44. The Labute approximate surface area is 146 Å². The lowest BCUT2D eigenvalue weighted by molar-refractivity contribution is 0.287. The van der Waals surface area contributed by atoms with Crippen molar-refractivity contribution in [3.05, 3.63) is 52.8 Å². The minimum absolute atomic E-state index is 0.141. The van der Waals surface area contributed by atoms with Crippen LogP contribution in [-0.4, -0.2) is 18.1 Å². The van der Waals surface area contributed by atoms with Crippen molar-refractivity contribution < 1.29 is 9.13 Å². The maximum absolute atomic E-state index is 13.8. The quantitative estimate of drug-likeness (QED) is 0.792. The van der Waals surface area contributed by atoms with Crippen LogP contribution in [0.25, 0.3) is 0 Å². The van der Waals surface area contributed by atoms with E-state index in [2.05, 4.69) is 9.88 Å². The topological polar surface area (TPSA) is 25.4 Å². The van der Waals surface area contributed by atoms with Crippen molar-refractivity contribution >= 4 is 17.4 Å². The van der Waals surface area contributed by atoms with Crippen LogP contribution < -0.4 is 9.64 Å². The first-order valence-electron chi connectivity index (χ1n) is 8.42. The molecule has 2 aromatic rings. The number of ether oxygens (including phenoxy) is 1. The van der Waals surface area contributed by atoms with Crippen LogP contribution in [-0.2, 0) is 6.61 Å². The zero-order valence-electron chi connectivity index (χ0n) is 13.5. The first-order valence-corrected chi connectivity index (χ1v) is 8.80. The lowest BCUT2D eigenvalue weighted by Gasteiger charge is -2.33. The Morgan fingerprint density at radius 2 is 1.92 bits per heavy atom. The summed E-state index contributed by atoms with van der Waals surface area (Å²) in [6.07, 6.45) is 5.31. The van der Waals surface area contributed by atoms with Gasteiger partial charge in [-0.05, 0) is 49.3 Å². The monoisotopic (exact) mass is 346 g/mol. The first kappa shape index (κ1) is 15.7. The lowest BCUT2D eigenvalue weighted by atomic mass is 9.94. The van der Waals surface area contributed by atoms with Gasteiger partial charge in [-0.25, -0.2) is 4.39 Å². The van der Waals surface area contributed by atoms with Gasteiger partial charge in [0.2, 0.25) is 5.88 Å². The summed E-state index contributed by atoms with van der Waals surface area (Å²) >= 11 is 5.77. The fourth-order valence-corrected chi connectivity index (χ4v) is 3.50. The molecule has 4 rings (SSSR count). The molecule has 0 unspecified atom stereocenters. The molecule has 0 bridgehead atoms. The van der Waals surface area contributed by atoms with Gasteiger partial charge < -0.3 is 9.64 Å². The van der Waals surface area contributed by atoms with Gasteiger partial charge in [-0.2, -0.15) is 4.98 Å². The molecule has 0 atom stereocenters. The standard InChI is InChI=1S/C19H20ClFN2O/c20-15-5-4-14(16(21)12-15)13-24-18-3-1-2-17(22-18)23-10-8-19(6-7-19)9-11-23/h1-5,12H,6-11,13H2.